The number of amides is 1. The monoisotopic (exact) mass is 397 g/mol. The Morgan fingerprint density at radius 1 is 1.12 bits per heavy atom. The minimum atomic E-state index is -3.39. The van der Waals surface area contributed by atoms with Gasteiger partial charge in [0.05, 0.1) is 0 Å². The number of hydrogen-bond donors (Lipinski definition) is 1. The second-order valence-corrected chi connectivity index (χ2v) is 9.98. The highest BCUT2D eigenvalue weighted by atomic mass is 35.5. The minimum Gasteiger partial charge on any atom is -0.336 e. The van der Waals surface area contributed by atoms with Gasteiger partial charge in [-0.2, -0.15) is 0 Å². The molecule has 8 heteroatoms. The van der Waals surface area contributed by atoms with Crippen LogP contribution in [0.3, 0.4) is 0 Å². The van der Waals surface area contributed by atoms with Crippen LogP contribution in [0.2, 0.25) is 5.02 Å². The molecule has 1 N–H and O–H groups in total. The molecule has 1 saturated carbocycles. The van der Waals surface area contributed by atoms with E-state index in [9.17, 15) is 13.2 Å². The fraction of sp³-hybridized carbons (Fsp3) is 0.611. The molecule has 0 bridgehead atoms. The number of nitrogens with one attached hydrogen (secondary N) is 1. The molecular weight excluding hydrogens is 374 g/mol. The molecule has 26 heavy (non-hydrogen) atoms. The Morgan fingerprint density at radius 2 is 1.81 bits per heavy atom. The number of carbonyl (C=O) groups is 1. The van der Waals surface area contributed by atoms with Crippen LogP contribution in [-0.2, 0) is 10.0 Å². The van der Waals surface area contributed by atoms with Crippen molar-refractivity contribution in [2.45, 2.75) is 43.0 Å². The van der Waals surface area contributed by atoms with E-state index in [1.54, 1.807) is 29.2 Å². The van der Waals surface area contributed by atoms with Crippen molar-refractivity contribution in [1.29, 1.82) is 0 Å². The maximum absolute atomic E-state index is 12.6. The Morgan fingerprint density at radius 3 is 2.42 bits per heavy atom. The Hall–Kier alpha value is -1.15. The van der Waals surface area contributed by atoms with Crippen LogP contribution in [0.1, 0.15) is 36.0 Å². The third-order valence-corrected chi connectivity index (χ3v) is 7.64. The molecule has 6 nitrogen and oxygen atoms in total. The summed E-state index contributed by atoms with van der Waals surface area (Å²) in [6.45, 7) is 2.42. The van der Waals surface area contributed by atoms with Crippen LogP contribution in [0, 0.1) is 0 Å². The van der Waals surface area contributed by atoms with Crippen LogP contribution >= 0.6 is 11.6 Å². The predicted octanol–water partition coefficient (Wildman–Crippen LogP) is 1.71. The minimum absolute atomic E-state index is 0.0210. The molecule has 0 unspecified atom stereocenters. The quantitative estimate of drug-likeness (QED) is 0.821. The fourth-order valence-corrected chi connectivity index (χ4v) is 5.59. The summed E-state index contributed by atoms with van der Waals surface area (Å²) in [4.78, 5) is 16.4. The smallest absolute Gasteiger partial charge is 0.253 e. The molecule has 0 atom stereocenters. The molecule has 1 aliphatic carbocycles. The normalized spacial score (nSPS) is 23.0. The second kappa shape index (κ2) is 7.11. The first kappa shape index (κ1) is 18.2. The molecule has 0 spiro atoms. The van der Waals surface area contributed by atoms with E-state index >= 15 is 0 Å². The Labute approximate surface area is 159 Å². The summed E-state index contributed by atoms with van der Waals surface area (Å²) in [5.74, 6) is -0.170. The van der Waals surface area contributed by atoms with Gasteiger partial charge in [-0.05, 0) is 57.0 Å². The van der Waals surface area contributed by atoms with Gasteiger partial charge in [0.15, 0.2) is 0 Å². The van der Waals surface area contributed by atoms with Gasteiger partial charge in [-0.3, -0.25) is 4.79 Å². The largest absolute Gasteiger partial charge is 0.336 e. The molecule has 1 aromatic carbocycles. The number of hydrogen-bond acceptors (Lipinski definition) is 4. The molecule has 4 rings (SSSR count). The summed E-state index contributed by atoms with van der Waals surface area (Å²) in [6, 6.07) is 7.50. The van der Waals surface area contributed by atoms with E-state index in [-0.39, 0.29) is 25.0 Å². The number of halogens is 1. The second-order valence-electron chi connectivity index (χ2n) is 7.55. The van der Waals surface area contributed by atoms with Crippen LogP contribution < -0.4 is 4.72 Å². The molecule has 1 aromatic rings. The molecule has 0 aromatic heterocycles. The van der Waals surface area contributed by atoms with Gasteiger partial charge in [-0.25, -0.2) is 13.1 Å². The van der Waals surface area contributed by atoms with Crippen molar-refractivity contribution in [2.75, 3.05) is 26.2 Å². The lowest BCUT2D eigenvalue weighted by molar-refractivity contribution is 0.0657. The van der Waals surface area contributed by atoms with E-state index in [1.807, 2.05) is 0 Å². The van der Waals surface area contributed by atoms with Crippen LogP contribution in [-0.4, -0.2) is 67.6 Å². The van der Waals surface area contributed by atoms with E-state index in [2.05, 4.69) is 9.62 Å². The standard InChI is InChI=1S/C18H24ClN3O3S/c19-14-3-1-2-13(10-14)18(23)22-11-17(12-22)26(24,25)20-15-6-8-21(9-7-15)16-4-5-16/h1-3,10,15-17,20H,4-9,11-12H2. The summed E-state index contributed by atoms with van der Waals surface area (Å²) in [6.07, 6.45) is 4.31. The zero-order valence-corrected chi connectivity index (χ0v) is 16.2. The summed E-state index contributed by atoms with van der Waals surface area (Å²) >= 11 is 5.92. The molecule has 3 aliphatic rings. The number of carbonyl (C=O) groups excluding carboxylic acids is 1. The van der Waals surface area contributed by atoms with E-state index in [0.717, 1.165) is 32.0 Å². The lowest BCUT2D eigenvalue weighted by atomic mass is 10.1. The highest BCUT2D eigenvalue weighted by Gasteiger charge is 2.41. The first-order chi connectivity index (χ1) is 12.4. The lowest BCUT2D eigenvalue weighted by Gasteiger charge is -2.40. The zero-order chi connectivity index (χ0) is 18.3. The third kappa shape index (κ3) is 3.91. The first-order valence-corrected chi connectivity index (χ1v) is 11.1. The molecule has 2 aliphatic heterocycles. The van der Waals surface area contributed by atoms with Crippen LogP contribution in [0.25, 0.3) is 0 Å². The summed E-state index contributed by atoms with van der Waals surface area (Å²) in [7, 11) is -3.39. The fourth-order valence-electron chi connectivity index (χ4n) is 3.75. The van der Waals surface area contributed by atoms with Crippen molar-refractivity contribution < 1.29 is 13.2 Å². The van der Waals surface area contributed by atoms with E-state index in [1.165, 1.54) is 12.8 Å². The predicted molar refractivity (Wildman–Crippen MR) is 101 cm³/mol. The van der Waals surface area contributed by atoms with Crippen molar-refractivity contribution in [3.63, 3.8) is 0 Å². The van der Waals surface area contributed by atoms with Gasteiger partial charge < -0.3 is 9.80 Å². The van der Waals surface area contributed by atoms with Crippen molar-refractivity contribution in [3.8, 4) is 0 Å². The molecule has 3 fully saturated rings. The van der Waals surface area contributed by atoms with Gasteiger partial charge in [0.1, 0.15) is 5.25 Å². The van der Waals surface area contributed by atoms with Crippen molar-refractivity contribution in [1.82, 2.24) is 14.5 Å². The van der Waals surface area contributed by atoms with Gasteiger partial charge in [0, 0.05) is 35.8 Å². The number of rotatable bonds is 5. The Balaban J connectivity index is 1.28. The molecule has 142 valence electrons. The van der Waals surface area contributed by atoms with Gasteiger partial charge >= 0.3 is 0 Å². The molecule has 2 heterocycles. The third-order valence-electron chi connectivity index (χ3n) is 5.57. The van der Waals surface area contributed by atoms with E-state index < -0.39 is 15.3 Å². The Kier molecular flexibility index (Phi) is 4.98. The van der Waals surface area contributed by atoms with Gasteiger partial charge in [0.2, 0.25) is 10.0 Å². The topological polar surface area (TPSA) is 69.7 Å². The molecule has 2 saturated heterocycles. The molecular formula is C18H24ClN3O3S. The number of sulfonamides is 1. The summed E-state index contributed by atoms with van der Waals surface area (Å²) in [5.41, 5.74) is 0.494. The van der Waals surface area contributed by atoms with E-state index in [0.29, 0.717) is 10.6 Å². The maximum atomic E-state index is 12.6. The number of piperidine rings is 1. The first-order valence-electron chi connectivity index (χ1n) is 9.22. The maximum Gasteiger partial charge on any atom is 0.253 e. The SMILES string of the molecule is O=C(c1cccc(Cl)c1)N1CC(S(=O)(=O)NC2CCN(C3CC3)CC2)C1. The molecule has 0 radical (unpaired) electrons. The average molecular weight is 398 g/mol. The van der Waals surface area contributed by atoms with Crippen LogP contribution in [0.5, 0.6) is 0 Å². The highest BCUT2D eigenvalue weighted by Crippen LogP contribution is 2.29. The van der Waals surface area contributed by atoms with Gasteiger partial charge in [-0.1, -0.05) is 17.7 Å². The van der Waals surface area contributed by atoms with Crippen LogP contribution in [0.4, 0.5) is 0 Å². The molecule has 1 amide bonds. The number of nitrogens with zero attached hydrogens (tertiary/aromatic N) is 2. The highest BCUT2D eigenvalue weighted by molar-refractivity contribution is 7.90. The number of benzene rings is 1. The summed E-state index contributed by atoms with van der Waals surface area (Å²) in [5, 5.41) is -0.0214. The van der Waals surface area contributed by atoms with Crippen molar-refractivity contribution in [3.05, 3.63) is 34.9 Å². The lowest BCUT2D eigenvalue weighted by Crippen LogP contribution is -2.60. The van der Waals surface area contributed by atoms with Gasteiger partial charge in [0.25, 0.3) is 5.91 Å². The van der Waals surface area contributed by atoms with Crippen LogP contribution in [0.15, 0.2) is 24.3 Å². The van der Waals surface area contributed by atoms with Crippen molar-refractivity contribution >= 4 is 27.5 Å². The zero-order valence-electron chi connectivity index (χ0n) is 14.6. The Bertz CT molecular complexity index is 783. The average Bonchev–Trinajstić information content (AvgIpc) is 3.38. The summed E-state index contributed by atoms with van der Waals surface area (Å²) < 4.78 is 28.0. The van der Waals surface area contributed by atoms with Gasteiger partial charge in [-0.15, -0.1) is 0 Å². The van der Waals surface area contributed by atoms with E-state index in [4.69, 9.17) is 11.6 Å². The van der Waals surface area contributed by atoms with Crippen molar-refractivity contribution in [2.24, 2.45) is 0 Å². The number of likely N-dealkylation sites (tertiary alicyclic amines) is 2.